The minimum Gasteiger partial charge on any atom is -0.491 e. The van der Waals surface area contributed by atoms with Crippen molar-refractivity contribution in [2.75, 3.05) is 23.9 Å². The SMILES string of the molecule is COc1c(N2C[C@@](C)(C(F)(F)F)C[C@H]2C(=O)Nc2ccnc(S(N)(=O)=O)c2)ccc(F)c1F. The Kier molecular flexibility index (Phi) is 6.28. The van der Waals surface area contributed by atoms with Crippen LogP contribution in [0.5, 0.6) is 5.75 Å². The summed E-state index contributed by atoms with van der Waals surface area (Å²) in [6, 6.07) is 2.40. The molecule has 14 heteroatoms. The van der Waals surface area contributed by atoms with Crippen LogP contribution in [0.25, 0.3) is 0 Å². The van der Waals surface area contributed by atoms with Gasteiger partial charge in [0.25, 0.3) is 10.0 Å². The third kappa shape index (κ3) is 4.71. The molecule has 2 atom stereocenters. The molecule has 1 aliphatic heterocycles. The smallest absolute Gasteiger partial charge is 0.396 e. The topological polar surface area (TPSA) is 115 Å². The summed E-state index contributed by atoms with van der Waals surface area (Å²) in [6.07, 6.45) is -4.39. The van der Waals surface area contributed by atoms with E-state index in [1.807, 2.05) is 0 Å². The molecule has 0 saturated carbocycles. The number of primary sulfonamides is 1. The second kappa shape index (κ2) is 8.41. The number of nitrogens with two attached hydrogens (primary N) is 1. The predicted molar refractivity (Wildman–Crippen MR) is 107 cm³/mol. The van der Waals surface area contributed by atoms with E-state index < -0.39 is 68.9 Å². The van der Waals surface area contributed by atoms with E-state index in [0.29, 0.717) is 6.07 Å². The summed E-state index contributed by atoms with van der Waals surface area (Å²) in [6.45, 7) is 0.167. The fourth-order valence-electron chi connectivity index (χ4n) is 3.59. The number of amides is 1. The van der Waals surface area contributed by atoms with Crippen molar-refractivity contribution in [1.29, 1.82) is 0 Å². The van der Waals surface area contributed by atoms with Gasteiger partial charge in [0.15, 0.2) is 16.6 Å². The Hall–Kier alpha value is -3.00. The molecule has 0 bridgehead atoms. The number of hydrogen-bond acceptors (Lipinski definition) is 6. The highest BCUT2D eigenvalue weighted by molar-refractivity contribution is 7.89. The van der Waals surface area contributed by atoms with Crippen LogP contribution in [0.2, 0.25) is 0 Å². The van der Waals surface area contributed by atoms with Crippen LogP contribution in [0.15, 0.2) is 35.5 Å². The van der Waals surface area contributed by atoms with Gasteiger partial charge in [-0.25, -0.2) is 22.9 Å². The van der Waals surface area contributed by atoms with Gasteiger partial charge in [-0.05, 0) is 31.5 Å². The number of nitrogens with zero attached hydrogens (tertiary/aromatic N) is 2. The third-order valence-corrected chi connectivity index (χ3v) is 6.17. The van der Waals surface area contributed by atoms with E-state index in [2.05, 4.69) is 10.3 Å². The summed E-state index contributed by atoms with van der Waals surface area (Å²) in [7, 11) is -3.19. The minimum absolute atomic E-state index is 0.0863. The van der Waals surface area contributed by atoms with E-state index in [9.17, 15) is 35.2 Å². The second-order valence-corrected chi connectivity index (χ2v) is 9.25. The lowest BCUT2D eigenvalue weighted by Crippen LogP contribution is -2.40. The first-order chi connectivity index (χ1) is 15.2. The summed E-state index contributed by atoms with van der Waals surface area (Å²) in [5.74, 6) is -4.29. The van der Waals surface area contributed by atoms with E-state index in [-0.39, 0.29) is 11.4 Å². The molecule has 3 rings (SSSR count). The summed E-state index contributed by atoms with van der Waals surface area (Å²) < 4.78 is 97.1. The van der Waals surface area contributed by atoms with Crippen molar-refractivity contribution < 1.29 is 39.9 Å². The molecule has 1 amide bonds. The van der Waals surface area contributed by atoms with E-state index in [4.69, 9.17) is 9.88 Å². The molecule has 1 aliphatic rings. The monoisotopic (exact) mass is 494 g/mol. The number of anilines is 2. The van der Waals surface area contributed by atoms with Gasteiger partial charge in [0.2, 0.25) is 11.7 Å². The Morgan fingerprint density at radius 1 is 1.30 bits per heavy atom. The normalized spacial score (nSPS) is 21.2. The molecule has 3 N–H and O–H groups in total. The zero-order valence-corrected chi connectivity index (χ0v) is 18.1. The molecule has 1 saturated heterocycles. The van der Waals surface area contributed by atoms with Crippen LogP contribution < -0.4 is 20.1 Å². The number of ether oxygens (including phenoxy) is 1. The minimum atomic E-state index is -4.72. The fraction of sp³-hybridized carbons (Fsp3) is 0.368. The van der Waals surface area contributed by atoms with Crippen molar-refractivity contribution in [3.63, 3.8) is 0 Å². The van der Waals surface area contributed by atoms with Crippen molar-refractivity contribution in [3.05, 3.63) is 42.1 Å². The Balaban J connectivity index is 2.02. The molecule has 0 spiro atoms. The van der Waals surface area contributed by atoms with Gasteiger partial charge >= 0.3 is 6.18 Å². The molecule has 0 unspecified atom stereocenters. The Bertz CT molecular complexity index is 1190. The standard InChI is InChI=1S/C19H19F5N4O4S/c1-18(19(22,23)24)8-13(17(29)27-10-5-6-26-14(7-10)33(25,30)31)28(9-18)12-4-3-11(20)15(21)16(12)32-2/h3-7,13H,8-9H2,1-2H3,(H2,25,30,31)(H,26,27,29)/t13-,18-/m0/s1. The number of benzene rings is 1. The average Bonchev–Trinajstić information content (AvgIpc) is 3.08. The van der Waals surface area contributed by atoms with Crippen LogP contribution in [0.3, 0.4) is 0 Å². The molecule has 33 heavy (non-hydrogen) atoms. The number of carbonyl (C=O) groups is 1. The fourth-order valence-corrected chi connectivity index (χ4v) is 4.09. The number of aromatic nitrogens is 1. The molecule has 2 heterocycles. The Morgan fingerprint density at radius 3 is 2.55 bits per heavy atom. The zero-order valence-electron chi connectivity index (χ0n) is 17.3. The van der Waals surface area contributed by atoms with Crippen LogP contribution in [0.4, 0.5) is 33.3 Å². The number of pyridine rings is 1. The highest BCUT2D eigenvalue weighted by Gasteiger charge is 2.59. The van der Waals surface area contributed by atoms with Crippen molar-refractivity contribution in [2.24, 2.45) is 10.6 Å². The predicted octanol–water partition coefficient (Wildman–Crippen LogP) is 2.80. The zero-order chi connectivity index (χ0) is 24.8. The van der Waals surface area contributed by atoms with Crippen molar-refractivity contribution >= 4 is 27.3 Å². The number of rotatable bonds is 5. The number of methoxy groups -OCH3 is 1. The van der Waals surface area contributed by atoms with E-state index in [1.54, 1.807) is 0 Å². The maximum absolute atomic E-state index is 14.2. The highest BCUT2D eigenvalue weighted by Crippen LogP contribution is 2.50. The van der Waals surface area contributed by atoms with Gasteiger partial charge in [0, 0.05) is 24.5 Å². The number of halogens is 5. The average molecular weight is 494 g/mol. The molecule has 180 valence electrons. The van der Waals surface area contributed by atoms with Crippen LogP contribution in [0.1, 0.15) is 13.3 Å². The summed E-state index contributed by atoms with van der Waals surface area (Å²) in [5.41, 5.74) is -2.70. The van der Waals surface area contributed by atoms with Crippen LogP contribution in [0, 0.1) is 17.0 Å². The van der Waals surface area contributed by atoms with Crippen LogP contribution in [-0.2, 0) is 14.8 Å². The largest absolute Gasteiger partial charge is 0.491 e. The number of alkyl halides is 3. The van der Waals surface area contributed by atoms with Gasteiger partial charge in [-0.2, -0.15) is 17.6 Å². The number of nitrogens with one attached hydrogen (secondary N) is 1. The third-order valence-electron chi connectivity index (χ3n) is 5.36. The van der Waals surface area contributed by atoms with Gasteiger partial charge < -0.3 is 15.0 Å². The first-order valence-electron chi connectivity index (χ1n) is 9.33. The molecule has 1 fully saturated rings. The van der Waals surface area contributed by atoms with Gasteiger partial charge in [0.1, 0.15) is 6.04 Å². The lowest BCUT2D eigenvalue weighted by Gasteiger charge is -2.29. The quantitative estimate of drug-likeness (QED) is 0.618. The number of sulfonamides is 1. The van der Waals surface area contributed by atoms with Crippen LogP contribution >= 0.6 is 0 Å². The Labute approximate surface area is 185 Å². The molecular formula is C19H19F5N4O4S. The summed E-state index contributed by atoms with van der Waals surface area (Å²) in [4.78, 5) is 17.5. The summed E-state index contributed by atoms with van der Waals surface area (Å²) >= 11 is 0. The highest BCUT2D eigenvalue weighted by atomic mass is 32.2. The van der Waals surface area contributed by atoms with Gasteiger partial charge in [-0.3, -0.25) is 4.79 Å². The van der Waals surface area contributed by atoms with Gasteiger partial charge in [-0.1, -0.05) is 0 Å². The number of hydrogen-bond donors (Lipinski definition) is 2. The summed E-state index contributed by atoms with van der Waals surface area (Å²) in [5, 5.41) is 6.77. The first kappa shape index (κ1) is 24.6. The van der Waals surface area contributed by atoms with Crippen molar-refractivity contribution in [2.45, 2.75) is 30.6 Å². The van der Waals surface area contributed by atoms with Gasteiger partial charge in [-0.15, -0.1) is 0 Å². The molecule has 1 aromatic heterocycles. The maximum Gasteiger partial charge on any atom is 0.396 e. The van der Waals surface area contributed by atoms with E-state index in [1.165, 1.54) is 6.07 Å². The molecule has 2 aromatic rings. The molecule has 0 radical (unpaired) electrons. The molecule has 0 aliphatic carbocycles. The first-order valence-corrected chi connectivity index (χ1v) is 10.9. The lowest BCUT2D eigenvalue weighted by molar-refractivity contribution is -0.210. The lowest BCUT2D eigenvalue weighted by atomic mass is 9.87. The van der Waals surface area contributed by atoms with Crippen molar-refractivity contribution in [3.8, 4) is 5.75 Å². The molecule has 8 nitrogen and oxygen atoms in total. The van der Waals surface area contributed by atoms with Gasteiger partial charge in [0.05, 0.1) is 18.2 Å². The molecule has 1 aromatic carbocycles. The Morgan fingerprint density at radius 2 is 1.97 bits per heavy atom. The van der Waals surface area contributed by atoms with Crippen molar-refractivity contribution in [1.82, 2.24) is 4.98 Å². The second-order valence-electron chi connectivity index (χ2n) is 7.74. The van der Waals surface area contributed by atoms with Crippen LogP contribution in [-0.4, -0.2) is 45.2 Å². The van der Waals surface area contributed by atoms with E-state index in [0.717, 1.165) is 37.3 Å². The maximum atomic E-state index is 14.2. The van der Waals surface area contributed by atoms with E-state index >= 15 is 0 Å². The number of carbonyl (C=O) groups excluding carboxylic acids is 1. The molecular weight excluding hydrogens is 475 g/mol.